The summed E-state index contributed by atoms with van der Waals surface area (Å²) in [6, 6.07) is 11.8. The molecule has 1 saturated heterocycles. The maximum absolute atomic E-state index is 13.1. The van der Waals surface area contributed by atoms with Gasteiger partial charge < -0.3 is 38.6 Å². The van der Waals surface area contributed by atoms with Crippen LogP contribution in [0.1, 0.15) is 65.8 Å². The molecule has 0 radical (unpaired) electrons. The minimum absolute atomic E-state index is 0.0383. The fourth-order valence-electron chi connectivity index (χ4n) is 5.41. The van der Waals surface area contributed by atoms with Crippen molar-refractivity contribution in [2.24, 2.45) is 5.92 Å². The fraction of sp³-hybridized carbons (Fsp3) is 0.455. The molecule has 5 atom stereocenters. The fourth-order valence-corrected chi connectivity index (χ4v) is 5.41. The highest BCUT2D eigenvalue weighted by Gasteiger charge is 2.45. The summed E-state index contributed by atoms with van der Waals surface area (Å²) < 4.78 is 34.3. The topological polar surface area (TPSA) is 130 Å². The summed E-state index contributed by atoms with van der Waals surface area (Å²) in [7, 11) is 2.92. The first-order valence-electron chi connectivity index (χ1n) is 14.3. The molecule has 2 fully saturated rings. The van der Waals surface area contributed by atoms with Crippen LogP contribution in [0.5, 0.6) is 11.5 Å². The second-order valence-corrected chi connectivity index (χ2v) is 11.0. The quantitative estimate of drug-likeness (QED) is 0.180. The van der Waals surface area contributed by atoms with Crippen molar-refractivity contribution in [1.82, 2.24) is 0 Å². The number of ether oxygens (including phenoxy) is 6. The van der Waals surface area contributed by atoms with Crippen LogP contribution >= 0.6 is 0 Å². The third kappa shape index (κ3) is 8.45. The van der Waals surface area contributed by atoms with Gasteiger partial charge in [0.05, 0.1) is 24.9 Å². The molecule has 1 heterocycles. The summed E-state index contributed by atoms with van der Waals surface area (Å²) in [5.74, 6) is -2.15. The van der Waals surface area contributed by atoms with Gasteiger partial charge in [-0.1, -0.05) is 42.8 Å². The van der Waals surface area contributed by atoms with Crippen LogP contribution in [0.3, 0.4) is 0 Å². The highest BCUT2D eigenvalue weighted by molar-refractivity contribution is 5.95. The number of hydrogen-bond donors (Lipinski definition) is 2. The van der Waals surface area contributed by atoms with Crippen molar-refractivity contribution >= 4 is 18.0 Å². The van der Waals surface area contributed by atoms with E-state index in [9.17, 15) is 19.8 Å². The van der Waals surface area contributed by atoms with Gasteiger partial charge in [-0.3, -0.25) is 0 Å². The van der Waals surface area contributed by atoms with E-state index in [0.29, 0.717) is 23.3 Å². The van der Waals surface area contributed by atoms with E-state index in [-0.39, 0.29) is 24.0 Å². The monoisotopic (exact) mass is 596 g/mol. The molecule has 2 aliphatic rings. The van der Waals surface area contributed by atoms with Gasteiger partial charge in [0.15, 0.2) is 12.6 Å². The Morgan fingerprint density at radius 2 is 1.88 bits per heavy atom. The van der Waals surface area contributed by atoms with E-state index in [0.717, 1.165) is 19.3 Å². The molecular weight excluding hydrogens is 556 g/mol. The smallest absolute Gasteiger partial charge is 0.340 e. The first kappa shape index (κ1) is 32.2. The van der Waals surface area contributed by atoms with Gasteiger partial charge in [0, 0.05) is 19.1 Å². The predicted molar refractivity (Wildman–Crippen MR) is 158 cm³/mol. The summed E-state index contributed by atoms with van der Waals surface area (Å²) in [6.07, 6.45) is 7.49. The van der Waals surface area contributed by atoms with Crippen LogP contribution in [0.15, 0.2) is 60.7 Å². The van der Waals surface area contributed by atoms with E-state index in [1.807, 2.05) is 12.1 Å². The third-order valence-corrected chi connectivity index (χ3v) is 7.43. The molecule has 0 bridgehead atoms. The predicted octanol–water partition coefficient (Wildman–Crippen LogP) is 5.24. The van der Waals surface area contributed by atoms with Gasteiger partial charge >= 0.3 is 11.9 Å². The number of benzene rings is 2. The van der Waals surface area contributed by atoms with Crippen molar-refractivity contribution in [3.8, 4) is 11.5 Å². The number of carboxylic acids is 1. The van der Waals surface area contributed by atoms with Gasteiger partial charge in [-0.05, 0) is 62.9 Å². The van der Waals surface area contributed by atoms with E-state index >= 15 is 0 Å². The number of methoxy groups -OCH3 is 2. The van der Waals surface area contributed by atoms with E-state index in [2.05, 4.69) is 0 Å². The van der Waals surface area contributed by atoms with E-state index in [1.54, 1.807) is 62.4 Å². The van der Waals surface area contributed by atoms with Gasteiger partial charge in [0.2, 0.25) is 0 Å². The van der Waals surface area contributed by atoms with Crippen LogP contribution < -0.4 is 9.47 Å². The first-order valence-corrected chi connectivity index (χ1v) is 14.3. The molecule has 2 aromatic rings. The number of esters is 1. The summed E-state index contributed by atoms with van der Waals surface area (Å²) in [6.45, 7) is 3.44. The average Bonchev–Trinajstić information content (AvgIpc) is 3.54. The van der Waals surface area contributed by atoms with Crippen LogP contribution in [0.4, 0.5) is 0 Å². The van der Waals surface area contributed by atoms with E-state index in [1.165, 1.54) is 20.3 Å². The SMILES string of the molecule is COCOc1cc(OC)cc(C=CC[C@@H]2OC(C)(C)O[C@@H]2C(C=C[C@@H]2CCC[C@H]2O)OC(=O)c2ccccc2)c1C(=O)O. The minimum atomic E-state index is -1.17. The van der Waals surface area contributed by atoms with Crippen molar-refractivity contribution in [2.75, 3.05) is 21.0 Å². The second kappa shape index (κ2) is 14.7. The average molecular weight is 597 g/mol. The van der Waals surface area contributed by atoms with Gasteiger partial charge in [0.25, 0.3) is 0 Å². The minimum Gasteiger partial charge on any atom is -0.497 e. The molecule has 2 N–H and O–H groups in total. The number of carbonyl (C=O) groups is 2. The number of carboxylic acid groups (broad SMARTS) is 1. The van der Waals surface area contributed by atoms with Crippen LogP contribution in [0.2, 0.25) is 0 Å². The Balaban J connectivity index is 1.60. The molecule has 0 spiro atoms. The Hall–Kier alpha value is -3.70. The second-order valence-electron chi connectivity index (χ2n) is 11.0. The van der Waals surface area contributed by atoms with Crippen LogP contribution in [0, 0.1) is 5.92 Å². The van der Waals surface area contributed by atoms with Crippen molar-refractivity contribution in [3.63, 3.8) is 0 Å². The summed E-state index contributed by atoms with van der Waals surface area (Å²) in [5.41, 5.74) is 0.735. The van der Waals surface area contributed by atoms with Crippen LogP contribution in [0.25, 0.3) is 6.08 Å². The molecule has 10 heteroatoms. The lowest BCUT2D eigenvalue weighted by molar-refractivity contribution is -0.152. The molecule has 10 nitrogen and oxygen atoms in total. The Morgan fingerprint density at radius 1 is 1.12 bits per heavy atom. The first-order chi connectivity index (χ1) is 20.6. The number of aromatic carboxylic acids is 1. The molecule has 1 aliphatic carbocycles. The number of rotatable bonds is 13. The maximum atomic E-state index is 13.1. The van der Waals surface area contributed by atoms with Gasteiger partial charge in [-0.15, -0.1) is 0 Å². The molecule has 0 amide bonds. The Bertz CT molecular complexity index is 1300. The molecule has 0 aromatic heterocycles. The maximum Gasteiger partial charge on any atom is 0.340 e. The molecule has 43 heavy (non-hydrogen) atoms. The molecule has 1 aliphatic heterocycles. The van der Waals surface area contributed by atoms with Crippen molar-refractivity contribution in [2.45, 2.75) is 69.7 Å². The highest BCUT2D eigenvalue weighted by atomic mass is 16.8. The van der Waals surface area contributed by atoms with Gasteiger partial charge in [-0.25, -0.2) is 9.59 Å². The molecule has 2 aromatic carbocycles. The molecule has 1 saturated carbocycles. The summed E-state index contributed by atoms with van der Waals surface area (Å²) in [5, 5.41) is 20.3. The number of aliphatic hydroxyl groups is 1. The van der Waals surface area contributed by atoms with Crippen molar-refractivity contribution < 1.29 is 48.2 Å². The van der Waals surface area contributed by atoms with Gasteiger partial charge in [-0.2, -0.15) is 0 Å². The molecular formula is C33H40O10. The molecule has 232 valence electrons. The summed E-state index contributed by atoms with van der Waals surface area (Å²) in [4.78, 5) is 25.3. The Kier molecular flexibility index (Phi) is 11.0. The van der Waals surface area contributed by atoms with Crippen LogP contribution in [-0.4, -0.2) is 73.4 Å². The zero-order valence-electron chi connectivity index (χ0n) is 24.9. The number of aliphatic hydroxyl groups excluding tert-OH is 1. The lowest BCUT2D eigenvalue weighted by atomic mass is 9.99. The lowest BCUT2D eigenvalue weighted by Crippen LogP contribution is -2.37. The van der Waals surface area contributed by atoms with E-state index in [4.69, 9.17) is 28.4 Å². The summed E-state index contributed by atoms with van der Waals surface area (Å²) >= 11 is 0. The Morgan fingerprint density at radius 3 is 2.53 bits per heavy atom. The van der Waals surface area contributed by atoms with Gasteiger partial charge in [0.1, 0.15) is 29.3 Å². The Labute approximate surface area is 251 Å². The van der Waals surface area contributed by atoms with Crippen molar-refractivity contribution in [1.29, 1.82) is 0 Å². The molecule has 4 rings (SSSR count). The van der Waals surface area contributed by atoms with Crippen LogP contribution in [-0.2, 0) is 18.9 Å². The lowest BCUT2D eigenvalue weighted by Gasteiger charge is -2.25. The standard InChI is InChI=1S/C33H40O10/c1-33(2)42-27(15-9-13-23-18-24(39-4)19-28(40-20-38-3)29(23)31(35)36)30(43-33)26(17-16-21-12-8-14-25(21)34)41-32(37)22-10-6-5-7-11-22/h5-7,9-11,13,16-19,21,25-27,30,34H,8,12,14-15,20H2,1-4H3,(H,35,36)/t21-,25+,26?,27-,30+/m0/s1. The normalized spacial score (nSPS) is 23.9. The number of carbonyl (C=O) groups excluding carboxylic acids is 1. The number of hydrogen-bond acceptors (Lipinski definition) is 9. The zero-order chi connectivity index (χ0) is 31.0. The largest absolute Gasteiger partial charge is 0.497 e. The van der Waals surface area contributed by atoms with E-state index < -0.39 is 42.1 Å². The highest BCUT2D eigenvalue weighted by Crippen LogP contribution is 2.36. The third-order valence-electron chi connectivity index (χ3n) is 7.43. The van der Waals surface area contributed by atoms with Crippen molar-refractivity contribution in [3.05, 3.63) is 77.4 Å². The molecule has 1 unspecified atom stereocenters. The zero-order valence-corrected chi connectivity index (χ0v) is 24.9.